The van der Waals surface area contributed by atoms with E-state index in [9.17, 15) is 4.79 Å². The molecule has 1 aromatic carbocycles. The first kappa shape index (κ1) is 19.2. The Labute approximate surface area is 159 Å². The Morgan fingerprint density at radius 1 is 1.19 bits per heavy atom. The molecule has 2 aromatic rings. The fraction of sp³-hybridized carbons (Fsp3) is 0.556. The second-order valence-corrected chi connectivity index (χ2v) is 6.68. The van der Waals surface area contributed by atoms with Gasteiger partial charge in [-0.05, 0) is 36.0 Å². The molecule has 1 saturated heterocycles. The third-order valence-electron chi connectivity index (χ3n) is 4.66. The molecule has 0 bridgehead atoms. The van der Waals surface area contributed by atoms with Crippen LogP contribution in [-0.4, -0.2) is 95.9 Å². The number of carbonyl (C=O) groups excluding carboxylic acids is 1. The number of para-hydroxylation sites is 1. The van der Waals surface area contributed by atoms with Crippen molar-refractivity contribution in [3.8, 4) is 5.69 Å². The molecule has 3 rings (SSSR count). The summed E-state index contributed by atoms with van der Waals surface area (Å²) in [7, 11) is 3.66. The Bertz CT molecular complexity index is 714. The number of hydrogen-bond acceptors (Lipinski definition) is 7. The van der Waals surface area contributed by atoms with Gasteiger partial charge in [0.15, 0.2) is 0 Å². The Kier molecular flexibility index (Phi) is 6.72. The minimum Gasteiger partial charge on any atom is -0.385 e. The van der Waals surface area contributed by atoms with Gasteiger partial charge in [0.1, 0.15) is 0 Å². The highest BCUT2D eigenvalue weighted by Crippen LogP contribution is 2.17. The number of piperazine rings is 1. The second kappa shape index (κ2) is 9.43. The van der Waals surface area contributed by atoms with Crippen molar-refractivity contribution in [3.63, 3.8) is 0 Å². The minimum absolute atomic E-state index is 0.164. The Balaban J connectivity index is 1.52. The van der Waals surface area contributed by atoms with Crippen molar-refractivity contribution in [2.24, 2.45) is 0 Å². The number of nitrogens with zero attached hydrogens (tertiary/aromatic N) is 7. The van der Waals surface area contributed by atoms with Gasteiger partial charge in [-0.3, -0.25) is 9.69 Å². The first-order valence-corrected chi connectivity index (χ1v) is 9.23. The van der Waals surface area contributed by atoms with Gasteiger partial charge in [-0.1, -0.05) is 23.3 Å². The molecule has 0 N–H and O–H groups in total. The molecule has 0 saturated carbocycles. The number of hydrogen-bond donors (Lipinski definition) is 0. The van der Waals surface area contributed by atoms with Gasteiger partial charge in [-0.25, -0.2) is 0 Å². The van der Waals surface area contributed by atoms with E-state index >= 15 is 0 Å². The second-order valence-electron chi connectivity index (χ2n) is 6.68. The first-order chi connectivity index (χ1) is 13.2. The smallest absolute Gasteiger partial charge is 0.250 e. The van der Waals surface area contributed by atoms with Gasteiger partial charge in [0, 0.05) is 46.4 Å². The molecular formula is C18H27N7O2. The highest BCUT2D eigenvalue weighted by molar-refractivity contribution is 5.78. The quantitative estimate of drug-likeness (QED) is 0.615. The third-order valence-corrected chi connectivity index (χ3v) is 4.66. The number of amides is 1. The molecule has 27 heavy (non-hydrogen) atoms. The molecule has 1 aliphatic heterocycles. The lowest BCUT2D eigenvalue weighted by Gasteiger charge is -2.35. The van der Waals surface area contributed by atoms with E-state index in [2.05, 4.69) is 20.4 Å². The molecule has 146 valence electrons. The topological polar surface area (TPSA) is 79.6 Å². The molecule has 0 unspecified atom stereocenters. The minimum atomic E-state index is 0.164. The number of rotatable bonds is 8. The van der Waals surface area contributed by atoms with E-state index in [1.54, 1.807) is 11.8 Å². The summed E-state index contributed by atoms with van der Waals surface area (Å²) in [4.78, 5) is 18.6. The first-order valence-electron chi connectivity index (χ1n) is 9.23. The molecule has 1 aliphatic rings. The summed E-state index contributed by atoms with van der Waals surface area (Å²) in [5, 5.41) is 12.1. The summed E-state index contributed by atoms with van der Waals surface area (Å²) in [5.74, 6) is 0.877. The van der Waals surface area contributed by atoms with Gasteiger partial charge < -0.3 is 14.5 Å². The average Bonchev–Trinajstić information content (AvgIpc) is 3.19. The third kappa shape index (κ3) is 5.01. The molecular weight excluding hydrogens is 346 g/mol. The lowest BCUT2D eigenvalue weighted by Crippen LogP contribution is -2.51. The van der Waals surface area contributed by atoms with Crippen molar-refractivity contribution in [3.05, 3.63) is 30.3 Å². The lowest BCUT2D eigenvalue weighted by atomic mass is 10.3. The van der Waals surface area contributed by atoms with Gasteiger partial charge in [-0.2, -0.15) is 4.68 Å². The number of likely N-dealkylation sites (N-methyl/N-ethyl adjacent to an activating group) is 1. The summed E-state index contributed by atoms with van der Waals surface area (Å²) < 4.78 is 6.79. The number of carbonyl (C=O) groups is 1. The lowest BCUT2D eigenvalue weighted by molar-refractivity contribution is -0.132. The molecule has 0 radical (unpaired) electrons. The number of benzene rings is 1. The number of anilines is 1. The van der Waals surface area contributed by atoms with E-state index in [0.717, 1.165) is 18.7 Å². The van der Waals surface area contributed by atoms with Crippen LogP contribution in [0.3, 0.4) is 0 Å². The van der Waals surface area contributed by atoms with Crippen LogP contribution in [0.15, 0.2) is 30.3 Å². The van der Waals surface area contributed by atoms with Gasteiger partial charge in [0.25, 0.3) is 0 Å². The van der Waals surface area contributed by atoms with Crippen molar-refractivity contribution in [1.29, 1.82) is 0 Å². The molecule has 1 amide bonds. The van der Waals surface area contributed by atoms with Gasteiger partial charge in [-0.15, -0.1) is 0 Å². The summed E-state index contributed by atoms with van der Waals surface area (Å²) >= 11 is 0. The van der Waals surface area contributed by atoms with Crippen molar-refractivity contribution >= 4 is 11.9 Å². The monoisotopic (exact) mass is 373 g/mol. The van der Waals surface area contributed by atoms with Crippen LogP contribution in [0, 0.1) is 0 Å². The summed E-state index contributed by atoms with van der Waals surface area (Å²) in [6.07, 6.45) is 0.927. The van der Waals surface area contributed by atoms with Crippen LogP contribution in [0.25, 0.3) is 5.69 Å². The zero-order valence-corrected chi connectivity index (χ0v) is 16.0. The van der Waals surface area contributed by atoms with Crippen LogP contribution in [0.5, 0.6) is 0 Å². The van der Waals surface area contributed by atoms with Crippen LogP contribution in [0.2, 0.25) is 0 Å². The van der Waals surface area contributed by atoms with Crippen LogP contribution < -0.4 is 4.90 Å². The standard InChI is InChI=1S/C18H27N7O2/c1-22(9-6-14-27-2)15-17(26)23-10-12-24(13-11-23)18-19-20-21-25(18)16-7-4-3-5-8-16/h3-5,7-8H,6,9-15H2,1-2H3. The van der Waals surface area contributed by atoms with Crippen LogP contribution in [-0.2, 0) is 9.53 Å². The SMILES string of the molecule is COCCCN(C)CC(=O)N1CCN(c2nnnn2-c2ccccc2)CC1. The maximum Gasteiger partial charge on any atom is 0.250 e. The summed E-state index contributed by atoms with van der Waals surface area (Å²) in [5.41, 5.74) is 0.925. The molecule has 9 nitrogen and oxygen atoms in total. The number of methoxy groups -OCH3 is 1. The maximum atomic E-state index is 12.5. The number of ether oxygens (including phenoxy) is 1. The molecule has 9 heteroatoms. The van der Waals surface area contributed by atoms with Gasteiger partial charge in [0.2, 0.25) is 11.9 Å². The van der Waals surface area contributed by atoms with E-state index in [1.807, 2.05) is 47.2 Å². The zero-order chi connectivity index (χ0) is 19.1. The molecule has 0 aliphatic carbocycles. The zero-order valence-electron chi connectivity index (χ0n) is 16.0. The number of aromatic nitrogens is 4. The highest BCUT2D eigenvalue weighted by atomic mass is 16.5. The fourth-order valence-electron chi connectivity index (χ4n) is 3.16. The Morgan fingerprint density at radius 2 is 1.93 bits per heavy atom. The van der Waals surface area contributed by atoms with E-state index in [4.69, 9.17) is 4.74 Å². The van der Waals surface area contributed by atoms with E-state index < -0.39 is 0 Å². The largest absolute Gasteiger partial charge is 0.385 e. The van der Waals surface area contributed by atoms with Crippen LogP contribution in [0.1, 0.15) is 6.42 Å². The average molecular weight is 373 g/mol. The highest BCUT2D eigenvalue weighted by Gasteiger charge is 2.25. The van der Waals surface area contributed by atoms with Gasteiger partial charge >= 0.3 is 0 Å². The van der Waals surface area contributed by atoms with Crippen molar-refractivity contribution < 1.29 is 9.53 Å². The van der Waals surface area contributed by atoms with Crippen LogP contribution in [0.4, 0.5) is 5.95 Å². The van der Waals surface area contributed by atoms with Crippen molar-refractivity contribution in [2.75, 3.05) is 64.9 Å². The van der Waals surface area contributed by atoms with E-state index in [-0.39, 0.29) is 5.91 Å². The summed E-state index contributed by atoms with van der Waals surface area (Å²) in [6.45, 7) is 4.78. The Morgan fingerprint density at radius 3 is 2.63 bits per heavy atom. The molecule has 2 heterocycles. The molecule has 1 aromatic heterocycles. The van der Waals surface area contributed by atoms with Crippen LogP contribution >= 0.6 is 0 Å². The molecule has 0 spiro atoms. The van der Waals surface area contributed by atoms with E-state index in [0.29, 0.717) is 45.3 Å². The molecule has 0 atom stereocenters. The maximum absolute atomic E-state index is 12.5. The number of tetrazole rings is 1. The normalized spacial score (nSPS) is 14.8. The predicted molar refractivity (Wildman–Crippen MR) is 102 cm³/mol. The Hall–Kier alpha value is -2.52. The van der Waals surface area contributed by atoms with Crippen molar-refractivity contribution in [1.82, 2.24) is 30.0 Å². The van der Waals surface area contributed by atoms with Crippen molar-refractivity contribution in [2.45, 2.75) is 6.42 Å². The molecule has 1 fully saturated rings. The summed E-state index contributed by atoms with van der Waals surface area (Å²) in [6, 6.07) is 9.82. The predicted octanol–water partition coefficient (Wildman–Crippen LogP) is 0.279. The van der Waals surface area contributed by atoms with E-state index in [1.165, 1.54) is 0 Å². The fourth-order valence-corrected chi connectivity index (χ4v) is 3.16. The van der Waals surface area contributed by atoms with Gasteiger partial charge in [0.05, 0.1) is 12.2 Å².